The van der Waals surface area contributed by atoms with E-state index in [9.17, 15) is 8.78 Å². The summed E-state index contributed by atoms with van der Waals surface area (Å²) in [7, 11) is 2.15. The van der Waals surface area contributed by atoms with Crippen molar-refractivity contribution >= 4 is 0 Å². The molecular formula is C10H6F2N2O2. The standard InChI is InChI=1S/C10H6F2N2O2/c1-15-9-5(3-13)6(4-14)10(16-2)8(12)7(9)11/h1-2H3. The number of ether oxygens (including phenoxy) is 2. The summed E-state index contributed by atoms with van der Waals surface area (Å²) < 4.78 is 35.8. The van der Waals surface area contributed by atoms with Crippen LogP contribution in [0, 0.1) is 34.3 Å². The summed E-state index contributed by atoms with van der Waals surface area (Å²) in [5, 5.41) is 17.5. The first-order valence-electron chi connectivity index (χ1n) is 4.05. The fourth-order valence-electron chi connectivity index (χ4n) is 1.24. The van der Waals surface area contributed by atoms with Crippen LogP contribution < -0.4 is 9.47 Å². The molecule has 0 N–H and O–H groups in total. The number of hydrogen-bond donors (Lipinski definition) is 0. The van der Waals surface area contributed by atoms with Gasteiger partial charge in [-0.2, -0.15) is 19.3 Å². The van der Waals surface area contributed by atoms with Gasteiger partial charge >= 0.3 is 0 Å². The van der Waals surface area contributed by atoms with E-state index in [1.54, 1.807) is 12.1 Å². The summed E-state index contributed by atoms with van der Waals surface area (Å²) in [5.41, 5.74) is -0.776. The van der Waals surface area contributed by atoms with Gasteiger partial charge in [-0.15, -0.1) is 0 Å². The highest BCUT2D eigenvalue weighted by molar-refractivity contribution is 5.61. The molecule has 82 valence electrons. The lowest BCUT2D eigenvalue weighted by Crippen LogP contribution is -2.03. The zero-order chi connectivity index (χ0) is 12.3. The van der Waals surface area contributed by atoms with Crippen LogP contribution in [-0.4, -0.2) is 14.2 Å². The molecule has 4 nitrogen and oxygen atoms in total. The smallest absolute Gasteiger partial charge is 0.205 e. The predicted octanol–water partition coefficient (Wildman–Crippen LogP) is 1.73. The van der Waals surface area contributed by atoms with Crippen LogP contribution in [0.2, 0.25) is 0 Å². The minimum atomic E-state index is -1.35. The highest BCUT2D eigenvalue weighted by Gasteiger charge is 2.26. The van der Waals surface area contributed by atoms with Crippen molar-refractivity contribution in [1.82, 2.24) is 0 Å². The second-order valence-corrected chi connectivity index (χ2v) is 2.67. The third kappa shape index (κ3) is 1.51. The van der Waals surface area contributed by atoms with Crippen LogP contribution in [0.25, 0.3) is 0 Å². The van der Waals surface area contributed by atoms with E-state index in [4.69, 9.17) is 10.5 Å². The zero-order valence-electron chi connectivity index (χ0n) is 8.47. The van der Waals surface area contributed by atoms with E-state index in [0.717, 1.165) is 14.2 Å². The molecule has 1 aromatic rings. The molecule has 1 rings (SSSR count). The molecule has 0 aliphatic carbocycles. The first-order chi connectivity index (χ1) is 7.62. The van der Waals surface area contributed by atoms with Crippen molar-refractivity contribution < 1.29 is 18.3 Å². The molecule has 1 aromatic carbocycles. The van der Waals surface area contributed by atoms with Gasteiger partial charge in [0.25, 0.3) is 0 Å². The molecule has 0 spiro atoms. The lowest BCUT2D eigenvalue weighted by atomic mass is 10.1. The van der Waals surface area contributed by atoms with Crippen molar-refractivity contribution in [2.24, 2.45) is 0 Å². The van der Waals surface area contributed by atoms with Crippen LogP contribution in [0.3, 0.4) is 0 Å². The van der Waals surface area contributed by atoms with Crippen LogP contribution in [0.1, 0.15) is 11.1 Å². The first kappa shape index (κ1) is 11.7. The van der Waals surface area contributed by atoms with Crippen LogP contribution >= 0.6 is 0 Å². The molecule has 0 saturated heterocycles. The van der Waals surface area contributed by atoms with Crippen molar-refractivity contribution in [1.29, 1.82) is 10.5 Å². The van der Waals surface area contributed by atoms with Crippen molar-refractivity contribution in [2.45, 2.75) is 0 Å². The first-order valence-corrected chi connectivity index (χ1v) is 4.05. The number of halogens is 2. The van der Waals surface area contributed by atoms with E-state index in [-0.39, 0.29) is 11.1 Å². The van der Waals surface area contributed by atoms with Gasteiger partial charge in [0.15, 0.2) is 11.5 Å². The molecule has 16 heavy (non-hydrogen) atoms. The molecule has 0 aliphatic rings. The quantitative estimate of drug-likeness (QED) is 0.767. The van der Waals surface area contributed by atoms with Crippen molar-refractivity contribution in [3.05, 3.63) is 22.8 Å². The number of rotatable bonds is 2. The van der Waals surface area contributed by atoms with Gasteiger partial charge in [0.05, 0.1) is 14.2 Å². The Bertz CT molecular complexity index is 468. The summed E-state index contributed by atoms with van der Waals surface area (Å²) in [4.78, 5) is 0. The van der Waals surface area contributed by atoms with Crippen molar-refractivity contribution in [3.63, 3.8) is 0 Å². The average molecular weight is 224 g/mol. The lowest BCUT2D eigenvalue weighted by molar-refractivity contribution is 0.342. The Morgan fingerprint density at radius 3 is 1.38 bits per heavy atom. The van der Waals surface area contributed by atoms with E-state index >= 15 is 0 Å². The van der Waals surface area contributed by atoms with Crippen molar-refractivity contribution in [2.75, 3.05) is 14.2 Å². The molecule has 6 heteroatoms. The Balaban J connectivity index is 3.80. The number of benzene rings is 1. The van der Waals surface area contributed by atoms with Gasteiger partial charge in [0, 0.05) is 0 Å². The Morgan fingerprint density at radius 1 is 0.875 bits per heavy atom. The highest BCUT2D eigenvalue weighted by atomic mass is 19.2. The minimum absolute atomic E-state index is 0.388. The fraction of sp³-hybridized carbons (Fsp3) is 0.200. The summed E-state index contributed by atoms with van der Waals surface area (Å²) in [6.07, 6.45) is 0. The third-order valence-electron chi connectivity index (χ3n) is 1.93. The van der Waals surface area contributed by atoms with E-state index in [0.29, 0.717) is 0 Å². The molecule has 0 unspecified atom stereocenters. The minimum Gasteiger partial charge on any atom is -0.492 e. The zero-order valence-corrected chi connectivity index (χ0v) is 8.47. The lowest BCUT2D eigenvalue weighted by Gasteiger charge is -2.10. The van der Waals surface area contributed by atoms with E-state index in [1.807, 2.05) is 0 Å². The van der Waals surface area contributed by atoms with Gasteiger partial charge in [-0.25, -0.2) is 0 Å². The second kappa shape index (κ2) is 4.45. The van der Waals surface area contributed by atoms with Gasteiger partial charge in [0.1, 0.15) is 23.3 Å². The fourth-order valence-corrected chi connectivity index (χ4v) is 1.24. The number of hydrogen-bond acceptors (Lipinski definition) is 4. The molecule has 0 aliphatic heterocycles. The van der Waals surface area contributed by atoms with E-state index in [1.165, 1.54) is 0 Å². The summed E-state index contributed by atoms with van der Waals surface area (Å²) in [5.74, 6) is -3.90. The van der Waals surface area contributed by atoms with Gasteiger partial charge in [-0.1, -0.05) is 0 Å². The second-order valence-electron chi connectivity index (χ2n) is 2.67. The number of nitrogens with zero attached hydrogens (tertiary/aromatic N) is 2. The monoisotopic (exact) mass is 224 g/mol. The number of methoxy groups -OCH3 is 2. The topological polar surface area (TPSA) is 66.0 Å². The maximum Gasteiger partial charge on any atom is 0.205 e. The molecule has 0 bridgehead atoms. The van der Waals surface area contributed by atoms with Crippen LogP contribution in [0.15, 0.2) is 0 Å². The molecule has 0 amide bonds. The Morgan fingerprint density at radius 2 is 1.19 bits per heavy atom. The summed E-state index contributed by atoms with van der Waals surface area (Å²) in [6.45, 7) is 0. The van der Waals surface area contributed by atoms with Crippen LogP contribution in [-0.2, 0) is 0 Å². The molecule has 0 heterocycles. The van der Waals surface area contributed by atoms with Crippen LogP contribution in [0.4, 0.5) is 8.78 Å². The molecule has 0 saturated carbocycles. The largest absolute Gasteiger partial charge is 0.492 e. The molecule has 0 atom stereocenters. The maximum absolute atomic E-state index is 13.4. The maximum atomic E-state index is 13.4. The third-order valence-corrected chi connectivity index (χ3v) is 1.93. The Hall–Kier alpha value is -2.34. The Kier molecular flexibility index (Phi) is 3.27. The van der Waals surface area contributed by atoms with Gasteiger partial charge in [-0.05, 0) is 0 Å². The highest BCUT2D eigenvalue weighted by Crippen LogP contribution is 2.35. The molecule has 0 radical (unpaired) electrons. The van der Waals surface area contributed by atoms with Gasteiger partial charge in [0.2, 0.25) is 11.6 Å². The SMILES string of the molecule is COc1c(F)c(F)c(OC)c(C#N)c1C#N. The summed E-state index contributed by atoms with van der Waals surface area (Å²) in [6, 6.07) is 3.15. The summed E-state index contributed by atoms with van der Waals surface area (Å²) >= 11 is 0. The predicted molar refractivity (Wildman–Crippen MR) is 48.9 cm³/mol. The van der Waals surface area contributed by atoms with E-state index in [2.05, 4.69) is 9.47 Å². The molecular weight excluding hydrogens is 218 g/mol. The van der Waals surface area contributed by atoms with Crippen LogP contribution in [0.5, 0.6) is 11.5 Å². The van der Waals surface area contributed by atoms with Gasteiger partial charge < -0.3 is 9.47 Å². The Labute approximate surface area is 90.2 Å². The number of nitriles is 2. The average Bonchev–Trinajstić information content (AvgIpc) is 2.31. The van der Waals surface area contributed by atoms with Crippen molar-refractivity contribution in [3.8, 4) is 23.6 Å². The molecule has 0 fully saturated rings. The normalized spacial score (nSPS) is 9.12. The molecule has 0 aromatic heterocycles. The van der Waals surface area contributed by atoms with E-state index < -0.39 is 23.1 Å². The van der Waals surface area contributed by atoms with Gasteiger partial charge in [-0.3, -0.25) is 0 Å².